The molecule has 120 valence electrons. The third-order valence-corrected chi connectivity index (χ3v) is 5.27. The predicted molar refractivity (Wildman–Crippen MR) is 85.3 cm³/mol. The first-order valence-corrected chi connectivity index (χ1v) is 8.78. The molecule has 7 heteroatoms. The van der Waals surface area contributed by atoms with Gasteiger partial charge in [0.2, 0.25) is 11.8 Å². The van der Waals surface area contributed by atoms with Crippen LogP contribution in [0.5, 0.6) is 0 Å². The van der Waals surface area contributed by atoms with E-state index in [2.05, 4.69) is 10.3 Å². The largest absolute Gasteiger partial charge is 0.375 e. The molecule has 1 saturated heterocycles. The molecule has 0 radical (unpaired) electrons. The standard InChI is InChI=1S/C15H22N4O2S/c16-15-18-11(9-22-15)5-6-17-14(21)10-7-13(20)19(8-10)12-3-1-2-4-12/h9-10,12H,1-8H2,(H2,16,18)(H,17,21)/t10-/m0/s1. The first-order chi connectivity index (χ1) is 10.6. The molecule has 2 fully saturated rings. The number of carbonyl (C=O) groups excluding carboxylic acids is 2. The van der Waals surface area contributed by atoms with Crippen molar-refractivity contribution in [1.82, 2.24) is 15.2 Å². The lowest BCUT2D eigenvalue weighted by atomic mass is 10.1. The Kier molecular flexibility index (Phi) is 4.61. The van der Waals surface area contributed by atoms with Crippen LogP contribution < -0.4 is 11.1 Å². The number of aromatic nitrogens is 1. The molecular weight excluding hydrogens is 300 g/mol. The highest BCUT2D eigenvalue weighted by Gasteiger charge is 2.38. The molecule has 1 aliphatic carbocycles. The van der Waals surface area contributed by atoms with Crippen LogP contribution in [0.1, 0.15) is 37.8 Å². The van der Waals surface area contributed by atoms with E-state index in [0.717, 1.165) is 18.5 Å². The smallest absolute Gasteiger partial charge is 0.225 e. The number of nitrogens with one attached hydrogen (secondary N) is 1. The summed E-state index contributed by atoms with van der Waals surface area (Å²) in [7, 11) is 0. The Hall–Kier alpha value is -1.63. The molecule has 1 atom stereocenters. The van der Waals surface area contributed by atoms with Crippen LogP contribution in [0.2, 0.25) is 0 Å². The molecular formula is C15H22N4O2S. The van der Waals surface area contributed by atoms with Crippen LogP contribution in [0.3, 0.4) is 0 Å². The van der Waals surface area contributed by atoms with Crippen LogP contribution in [-0.4, -0.2) is 40.8 Å². The second-order valence-corrected chi connectivity index (χ2v) is 6.99. The second-order valence-electron chi connectivity index (χ2n) is 6.10. The van der Waals surface area contributed by atoms with E-state index in [9.17, 15) is 9.59 Å². The van der Waals surface area contributed by atoms with Gasteiger partial charge in [-0.15, -0.1) is 11.3 Å². The van der Waals surface area contributed by atoms with Gasteiger partial charge in [0.15, 0.2) is 5.13 Å². The fourth-order valence-corrected chi connectivity index (χ4v) is 3.97. The number of nitrogens with zero attached hydrogens (tertiary/aromatic N) is 2. The Morgan fingerprint density at radius 1 is 1.45 bits per heavy atom. The maximum atomic E-state index is 12.2. The van der Waals surface area contributed by atoms with Gasteiger partial charge in [-0.05, 0) is 12.8 Å². The molecule has 2 amide bonds. The van der Waals surface area contributed by atoms with Gasteiger partial charge in [-0.25, -0.2) is 4.98 Å². The molecule has 0 spiro atoms. The summed E-state index contributed by atoms with van der Waals surface area (Å²) in [4.78, 5) is 30.4. The molecule has 1 saturated carbocycles. The summed E-state index contributed by atoms with van der Waals surface area (Å²) in [5.41, 5.74) is 6.48. The number of hydrogen-bond acceptors (Lipinski definition) is 5. The van der Waals surface area contributed by atoms with Crippen molar-refractivity contribution in [2.24, 2.45) is 5.92 Å². The quantitative estimate of drug-likeness (QED) is 0.852. The molecule has 2 heterocycles. The van der Waals surface area contributed by atoms with Crippen molar-refractivity contribution in [1.29, 1.82) is 0 Å². The van der Waals surface area contributed by atoms with E-state index in [-0.39, 0.29) is 17.7 Å². The molecule has 22 heavy (non-hydrogen) atoms. The van der Waals surface area contributed by atoms with E-state index in [1.807, 2.05) is 10.3 Å². The molecule has 3 N–H and O–H groups in total. The number of hydrogen-bond donors (Lipinski definition) is 2. The first kappa shape index (κ1) is 15.3. The Labute approximate surface area is 134 Å². The van der Waals surface area contributed by atoms with Crippen molar-refractivity contribution in [3.63, 3.8) is 0 Å². The van der Waals surface area contributed by atoms with Crippen LogP contribution in [0.15, 0.2) is 5.38 Å². The summed E-state index contributed by atoms with van der Waals surface area (Å²) in [6, 6.07) is 0.364. The number of carbonyl (C=O) groups is 2. The van der Waals surface area contributed by atoms with Crippen LogP contribution in [0, 0.1) is 5.92 Å². The van der Waals surface area contributed by atoms with Crippen molar-refractivity contribution in [3.8, 4) is 0 Å². The molecule has 6 nitrogen and oxygen atoms in total. The maximum absolute atomic E-state index is 12.2. The summed E-state index contributed by atoms with van der Waals surface area (Å²) in [5, 5.41) is 5.38. The molecule has 2 aliphatic rings. The van der Waals surface area contributed by atoms with E-state index >= 15 is 0 Å². The van der Waals surface area contributed by atoms with Crippen LogP contribution in [0.4, 0.5) is 5.13 Å². The molecule has 0 aromatic carbocycles. The summed E-state index contributed by atoms with van der Waals surface area (Å²) < 4.78 is 0. The number of amides is 2. The zero-order chi connectivity index (χ0) is 15.5. The fraction of sp³-hybridized carbons (Fsp3) is 0.667. The van der Waals surface area contributed by atoms with Gasteiger partial charge in [0, 0.05) is 37.4 Å². The predicted octanol–water partition coefficient (Wildman–Crippen LogP) is 1.18. The van der Waals surface area contributed by atoms with Gasteiger partial charge in [-0.3, -0.25) is 9.59 Å². The number of nitrogens with two attached hydrogens (primary N) is 1. The summed E-state index contributed by atoms with van der Waals surface area (Å²) in [6.07, 6.45) is 5.60. The highest BCUT2D eigenvalue weighted by Crippen LogP contribution is 2.29. The number of likely N-dealkylation sites (tertiary alicyclic amines) is 1. The number of nitrogen functional groups attached to an aromatic ring is 1. The SMILES string of the molecule is Nc1nc(CCNC(=O)[C@H]2CC(=O)N(C3CCCC3)C2)cs1. The number of anilines is 1. The first-order valence-electron chi connectivity index (χ1n) is 7.90. The fourth-order valence-electron chi connectivity index (χ4n) is 3.37. The van der Waals surface area contributed by atoms with E-state index in [0.29, 0.717) is 37.1 Å². The second kappa shape index (κ2) is 6.64. The number of thiazole rings is 1. The Morgan fingerprint density at radius 2 is 2.23 bits per heavy atom. The summed E-state index contributed by atoms with van der Waals surface area (Å²) >= 11 is 1.41. The lowest BCUT2D eigenvalue weighted by molar-refractivity contribution is -0.130. The zero-order valence-electron chi connectivity index (χ0n) is 12.6. The van der Waals surface area contributed by atoms with Crippen LogP contribution >= 0.6 is 11.3 Å². The average Bonchev–Trinajstić information content (AvgIpc) is 3.19. The van der Waals surface area contributed by atoms with Crippen LogP contribution in [0.25, 0.3) is 0 Å². The molecule has 3 rings (SSSR count). The molecule has 0 unspecified atom stereocenters. The van der Waals surface area contributed by atoms with Crippen LogP contribution in [-0.2, 0) is 16.0 Å². The van der Waals surface area contributed by atoms with Gasteiger partial charge in [-0.2, -0.15) is 0 Å². The summed E-state index contributed by atoms with van der Waals surface area (Å²) in [6.45, 7) is 1.12. The van der Waals surface area contributed by atoms with Crippen molar-refractivity contribution >= 4 is 28.3 Å². The van der Waals surface area contributed by atoms with Gasteiger partial charge in [0.25, 0.3) is 0 Å². The Morgan fingerprint density at radius 3 is 2.91 bits per heavy atom. The highest BCUT2D eigenvalue weighted by atomic mass is 32.1. The van der Waals surface area contributed by atoms with Gasteiger partial charge < -0.3 is 16.0 Å². The van der Waals surface area contributed by atoms with Gasteiger partial charge in [0.05, 0.1) is 11.6 Å². The van der Waals surface area contributed by atoms with Crippen molar-refractivity contribution < 1.29 is 9.59 Å². The maximum Gasteiger partial charge on any atom is 0.225 e. The van der Waals surface area contributed by atoms with Gasteiger partial charge in [-0.1, -0.05) is 12.8 Å². The van der Waals surface area contributed by atoms with Gasteiger partial charge in [0.1, 0.15) is 0 Å². The number of rotatable bonds is 5. The Balaban J connectivity index is 1.45. The van der Waals surface area contributed by atoms with Gasteiger partial charge >= 0.3 is 0 Å². The minimum atomic E-state index is -0.200. The topological polar surface area (TPSA) is 88.3 Å². The zero-order valence-corrected chi connectivity index (χ0v) is 13.4. The van der Waals surface area contributed by atoms with Crippen molar-refractivity contribution in [2.75, 3.05) is 18.8 Å². The van der Waals surface area contributed by atoms with Crippen molar-refractivity contribution in [2.45, 2.75) is 44.6 Å². The van der Waals surface area contributed by atoms with E-state index in [1.54, 1.807) is 0 Å². The van der Waals surface area contributed by atoms with E-state index < -0.39 is 0 Å². The minimum absolute atomic E-state index is 0.0166. The molecule has 1 aliphatic heterocycles. The Bertz CT molecular complexity index is 553. The normalized spacial score (nSPS) is 22.5. The average molecular weight is 322 g/mol. The third kappa shape index (κ3) is 3.40. The summed E-state index contributed by atoms with van der Waals surface area (Å²) in [5.74, 6) is -0.0787. The van der Waals surface area contributed by atoms with Crippen molar-refractivity contribution in [3.05, 3.63) is 11.1 Å². The minimum Gasteiger partial charge on any atom is -0.375 e. The van der Waals surface area contributed by atoms with E-state index in [4.69, 9.17) is 5.73 Å². The third-order valence-electron chi connectivity index (χ3n) is 4.54. The highest BCUT2D eigenvalue weighted by molar-refractivity contribution is 7.13. The monoisotopic (exact) mass is 322 g/mol. The molecule has 1 aromatic rings. The molecule has 1 aromatic heterocycles. The molecule has 0 bridgehead atoms. The van der Waals surface area contributed by atoms with E-state index in [1.165, 1.54) is 24.2 Å². The lowest BCUT2D eigenvalue weighted by Gasteiger charge is -2.23. The lowest BCUT2D eigenvalue weighted by Crippen LogP contribution is -2.37.